The zero-order valence-corrected chi connectivity index (χ0v) is 23.5. The van der Waals surface area contributed by atoms with Crippen molar-refractivity contribution in [1.82, 2.24) is 15.0 Å². The van der Waals surface area contributed by atoms with Crippen molar-refractivity contribution in [2.75, 3.05) is 44.3 Å². The summed E-state index contributed by atoms with van der Waals surface area (Å²) in [6.45, 7) is 8.04. The van der Waals surface area contributed by atoms with Gasteiger partial charge in [0.25, 0.3) is 5.91 Å². The van der Waals surface area contributed by atoms with E-state index in [-0.39, 0.29) is 17.9 Å². The second kappa shape index (κ2) is 10.1. The monoisotopic (exact) mass is 550 g/mol. The number of anilines is 1. The van der Waals surface area contributed by atoms with Crippen molar-refractivity contribution in [3.8, 4) is 28.3 Å². The highest BCUT2D eigenvalue weighted by Crippen LogP contribution is 2.49. The Morgan fingerprint density at radius 3 is 2.49 bits per heavy atom. The molecule has 1 N–H and O–H groups in total. The molecule has 1 fully saturated rings. The highest BCUT2D eigenvalue weighted by Gasteiger charge is 2.44. The Kier molecular flexibility index (Phi) is 6.40. The quantitative estimate of drug-likeness (QED) is 0.376. The molecule has 0 bridgehead atoms. The molecule has 8 nitrogen and oxygen atoms in total. The maximum Gasteiger partial charge on any atom is 0.258 e. The van der Waals surface area contributed by atoms with E-state index in [4.69, 9.17) is 9.26 Å². The summed E-state index contributed by atoms with van der Waals surface area (Å²) in [4.78, 5) is 22.3. The minimum Gasteiger partial charge on any atom is -0.492 e. The summed E-state index contributed by atoms with van der Waals surface area (Å²) in [5.74, 6) is 2.13. The van der Waals surface area contributed by atoms with E-state index in [1.54, 1.807) is 6.92 Å². The molecule has 41 heavy (non-hydrogen) atoms. The van der Waals surface area contributed by atoms with E-state index in [2.05, 4.69) is 46.2 Å². The SMILES string of the molecule is Cc1nc(-c2ccc(-c3ccc(C(=O)N4CCc5cc6c(cc54)C4(CCN(CCO)CC4)CO6)cc3)c(C)c2)no1. The number of aryl methyl sites for hydroxylation is 2. The van der Waals surface area contributed by atoms with Crippen molar-refractivity contribution in [2.24, 2.45) is 0 Å². The number of aliphatic hydroxyl groups is 1. The fraction of sp³-hybridized carbons (Fsp3) is 0.364. The van der Waals surface area contributed by atoms with E-state index >= 15 is 0 Å². The normalized spacial score (nSPS) is 17.5. The van der Waals surface area contributed by atoms with Gasteiger partial charge in [0.1, 0.15) is 5.75 Å². The Labute approximate surface area is 239 Å². The second-order valence-electron chi connectivity index (χ2n) is 11.6. The molecule has 1 saturated heterocycles. The van der Waals surface area contributed by atoms with Crippen LogP contribution in [0.3, 0.4) is 0 Å². The van der Waals surface area contributed by atoms with Gasteiger partial charge in [0, 0.05) is 47.8 Å². The van der Waals surface area contributed by atoms with E-state index in [0.717, 1.165) is 72.6 Å². The summed E-state index contributed by atoms with van der Waals surface area (Å²) in [5, 5.41) is 13.4. The average molecular weight is 551 g/mol. The predicted molar refractivity (Wildman–Crippen MR) is 156 cm³/mol. The van der Waals surface area contributed by atoms with Crippen LogP contribution in [0, 0.1) is 13.8 Å². The topological polar surface area (TPSA) is 91.9 Å². The number of hydrogen-bond acceptors (Lipinski definition) is 7. The molecule has 0 atom stereocenters. The predicted octanol–water partition coefficient (Wildman–Crippen LogP) is 4.94. The number of ether oxygens (including phenoxy) is 1. The van der Waals surface area contributed by atoms with Crippen LogP contribution in [0.2, 0.25) is 0 Å². The van der Waals surface area contributed by atoms with Gasteiger partial charge < -0.3 is 24.2 Å². The van der Waals surface area contributed by atoms with Crippen LogP contribution in [0.25, 0.3) is 22.5 Å². The van der Waals surface area contributed by atoms with E-state index in [1.165, 1.54) is 11.1 Å². The third kappa shape index (κ3) is 4.51. The van der Waals surface area contributed by atoms with Crippen LogP contribution in [0.15, 0.2) is 59.1 Å². The van der Waals surface area contributed by atoms with Gasteiger partial charge in [-0.05, 0) is 91.9 Å². The number of nitrogens with zero attached hydrogens (tertiary/aromatic N) is 4. The number of aliphatic hydroxyl groups excluding tert-OH is 1. The lowest BCUT2D eigenvalue weighted by Gasteiger charge is -2.38. The highest BCUT2D eigenvalue weighted by atomic mass is 16.5. The van der Waals surface area contributed by atoms with Gasteiger partial charge in [-0.15, -0.1) is 0 Å². The van der Waals surface area contributed by atoms with Gasteiger partial charge >= 0.3 is 0 Å². The summed E-state index contributed by atoms with van der Waals surface area (Å²) >= 11 is 0. The van der Waals surface area contributed by atoms with Crippen molar-refractivity contribution in [1.29, 1.82) is 0 Å². The van der Waals surface area contributed by atoms with Gasteiger partial charge in [-0.25, -0.2) is 0 Å². The lowest BCUT2D eigenvalue weighted by molar-refractivity contribution is 0.0989. The van der Waals surface area contributed by atoms with Crippen LogP contribution in [-0.4, -0.2) is 65.4 Å². The van der Waals surface area contributed by atoms with E-state index in [0.29, 0.717) is 30.4 Å². The molecule has 0 radical (unpaired) electrons. The first-order chi connectivity index (χ1) is 19.9. The molecule has 4 heterocycles. The number of β-amino-alcohol motifs (C(OH)–C–C–N with tert-alkyl or cyclic N) is 1. The molecule has 0 aliphatic carbocycles. The third-order valence-electron chi connectivity index (χ3n) is 9.08. The van der Waals surface area contributed by atoms with Crippen LogP contribution in [-0.2, 0) is 11.8 Å². The number of piperidine rings is 1. The number of likely N-dealkylation sites (tertiary alicyclic amines) is 1. The van der Waals surface area contributed by atoms with Gasteiger partial charge in [0.2, 0.25) is 11.7 Å². The summed E-state index contributed by atoms with van der Waals surface area (Å²) < 4.78 is 11.3. The molecular weight excluding hydrogens is 516 g/mol. The Morgan fingerprint density at radius 1 is 1.00 bits per heavy atom. The van der Waals surface area contributed by atoms with E-state index < -0.39 is 0 Å². The summed E-state index contributed by atoms with van der Waals surface area (Å²) in [7, 11) is 0. The van der Waals surface area contributed by atoms with Gasteiger partial charge in [-0.2, -0.15) is 4.98 Å². The summed E-state index contributed by atoms with van der Waals surface area (Å²) in [5.41, 5.74) is 8.28. The third-order valence-corrected chi connectivity index (χ3v) is 9.08. The van der Waals surface area contributed by atoms with Crippen molar-refractivity contribution in [3.05, 3.63) is 82.7 Å². The van der Waals surface area contributed by atoms with Crippen LogP contribution in [0.1, 0.15) is 45.8 Å². The Hall–Kier alpha value is -4.01. The number of rotatable bonds is 5. The van der Waals surface area contributed by atoms with Gasteiger partial charge in [-0.1, -0.05) is 29.4 Å². The van der Waals surface area contributed by atoms with E-state index in [9.17, 15) is 9.90 Å². The Morgan fingerprint density at radius 2 is 1.78 bits per heavy atom. The minimum absolute atomic E-state index is 0.00868. The van der Waals surface area contributed by atoms with Gasteiger partial charge in [0.05, 0.1) is 13.2 Å². The molecule has 0 saturated carbocycles. The second-order valence-corrected chi connectivity index (χ2v) is 11.6. The van der Waals surface area contributed by atoms with Gasteiger partial charge in [-0.3, -0.25) is 4.79 Å². The minimum atomic E-state index is -0.00868. The molecule has 3 aliphatic rings. The first-order valence-electron chi connectivity index (χ1n) is 14.4. The van der Waals surface area contributed by atoms with Gasteiger partial charge in [0.15, 0.2) is 0 Å². The first kappa shape index (κ1) is 25.9. The molecule has 210 valence electrons. The first-order valence-corrected chi connectivity index (χ1v) is 14.4. The maximum absolute atomic E-state index is 13.8. The average Bonchev–Trinajstić information content (AvgIpc) is 3.70. The molecule has 3 aromatic carbocycles. The molecule has 1 spiro atoms. The van der Waals surface area contributed by atoms with Crippen LogP contribution in [0.5, 0.6) is 5.75 Å². The number of aromatic nitrogens is 2. The van der Waals surface area contributed by atoms with Crippen molar-refractivity contribution in [2.45, 2.75) is 38.5 Å². The van der Waals surface area contributed by atoms with Crippen molar-refractivity contribution < 1.29 is 19.2 Å². The standard InChI is InChI=1S/C33H34N4O4/c1-21-17-26(31-34-22(2)41-35-31)7-8-27(21)23-3-5-24(6-4-23)32(39)37-12-9-25-18-30-28(19-29(25)37)33(20-40-30)10-13-36(14-11-33)15-16-38/h3-8,17-19,38H,9-16,20H2,1-2H3. The fourth-order valence-corrected chi connectivity index (χ4v) is 6.70. The molecule has 3 aliphatic heterocycles. The number of fused-ring (bicyclic) bond motifs is 3. The highest BCUT2D eigenvalue weighted by molar-refractivity contribution is 6.07. The number of amides is 1. The molecule has 0 unspecified atom stereocenters. The Bertz CT molecular complexity index is 1620. The molecule has 1 amide bonds. The van der Waals surface area contributed by atoms with Crippen molar-refractivity contribution >= 4 is 11.6 Å². The molecule has 8 heteroatoms. The number of benzene rings is 3. The Balaban J connectivity index is 1.11. The van der Waals surface area contributed by atoms with Crippen LogP contribution in [0.4, 0.5) is 5.69 Å². The maximum atomic E-state index is 13.8. The number of carbonyl (C=O) groups excluding carboxylic acids is 1. The number of hydrogen-bond donors (Lipinski definition) is 1. The van der Waals surface area contributed by atoms with Crippen LogP contribution < -0.4 is 9.64 Å². The zero-order chi connectivity index (χ0) is 28.1. The van der Waals surface area contributed by atoms with Crippen LogP contribution >= 0.6 is 0 Å². The van der Waals surface area contributed by atoms with E-state index in [1.807, 2.05) is 35.2 Å². The van der Waals surface area contributed by atoms with Crippen molar-refractivity contribution in [3.63, 3.8) is 0 Å². The summed E-state index contributed by atoms with van der Waals surface area (Å²) in [6, 6.07) is 18.4. The summed E-state index contributed by atoms with van der Waals surface area (Å²) in [6.07, 6.45) is 2.84. The molecule has 1 aromatic heterocycles. The lowest BCUT2D eigenvalue weighted by atomic mass is 9.74. The number of carbonyl (C=O) groups is 1. The zero-order valence-electron chi connectivity index (χ0n) is 23.5. The molecular formula is C33H34N4O4. The fourth-order valence-electron chi connectivity index (χ4n) is 6.70. The smallest absolute Gasteiger partial charge is 0.258 e. The largest absolute Gasteiger partial charge is 0.492 e. The molecule has 4 aromatic rings. The lowest BCUT2D eigenvalue weighted by Crippen LogP contribution is -2.44. The molecule has 7 rings (SSSR count).